The predicted molar refractivity (Wildman–Crippen MR) is 110 cm³/mol. The quantitative estimate of drug-likeness (QED) is 0.480. The molecule has 1 aliphatic heterocycles. The molecule has 0 spiro atoms. The van der Waals surface area contributed by atoms with Crippen molar-refractivity contribution in [3.63, 3.8) is 0 Å². The summed E-state index contributed by atoms with van der Waals surface area (Å²) in [5, 5.41) is 12.4. The van der Waals surface area contributed by atoms with Gasteiger partial charge in [0.25, 0.3) is 5.69 Å². The van der Waals surface area contributed by atoms with E-state index in [2.05, 4.69) is 0 Å². The molecular weight excluding hydrogens is 415 g/mol. The summed E-state index contributed by atoms with van der Waals surface area (Å²) in [6, 6.07) is 11.1. The molecule has 1 atom stereocenters. The lowest BCUT2D eigenvalue weighted by Crippen LogP contribution is -2.40. The highest BCUT2D eigenvalue weighted by Crippen LogP contribution is 2.46. The Morgan fingerprint density at radius 1 is 1.07 bits per heavy atom. The van der Waals surface area contributed by atoms with E-state index in [1.54, 1.807) is 30.3 Å². The first-order valence-electron chi connectivity index (χ1n) is 9.16. The molecule has 4 rings (SSSR count). The summed E-state index contributed by atoms with van der Waals surface area (Å²) in [4.78, 5) is 38.4. The van der Waals surface area contributed by atoms with E-state index in [1.807, 2.05) is 0 Å². The van der Waals surface area contributed by atoms with Crippen LogP contribution in [0.5, 0.6) is 0 Å². The summed E-state index contributed by atoms with van der Waals surface area (Å²) in [6.07, 6.45) is 1.45. The molecule has 0 bridgehead atoms. The molecule has 2 aromatic carbocycles. The highest BCUT2D eigenvalue weighted by Gasteiger charge is 2.41. The van der Waals surface area contributed by atoms with Crippen LogP contribution >= 0.6 is 23.2 Å². The van der Waals surface area contributed by atoms with Crippen LogP contribution in [0, 0.1) is 10.1 Å². The Balaban J connectivity index is 1.91. The molecule has 2 aromatic rings. The highest BCUT2D eigenvalue weighted by atomic mass is 35.5. The number of hydrogen-bond acceptors (Lipinski definition) is 4. The Morgan fingerprint density at radius 3 is 2.55 bits per heavy atom. The highest BCUT2D eigenvalue weighted by molar-refractivity contribution is 6.35. The number of rotatable bonds is 3. The molecule has 2 aliphatic rings. The van der Waals surface area contributed by atoms with Crippen LogP contribution in [0.1, 0.15) is 37.2 Å². The fourth-order valence-electron chi connectivity index (χ4n) is 4.13. The normalized spacial score (nSPS) is 19.4. The molecule has 0 aromatic heterocycles. The summed E-state index contributed by atoms with van der Waals surface area (Å²) >= 11 is 12.4. The maximum absolute atomic E-state index is 13.2. The number of benzene rings is 2. The molecule has 8 heteroatoms. The largest absolute Gasteiger partial charge is 0.294 e. The van der Waals surface area contributed by atoms with E-state index in [0.29, 0.717) is 46.1 Å². The van der Waals surface area contributed by atoms with Gasteiger partial charge in [0, 0.05) is 46.1 Å². The monoisotopic (exact) mass is 430 g/mol. The van der Waals surface area contributed by atoms with Crippen molar-refractivity contribution in [2.24, 2.45) is 0 Å². The number of halogens is 2. The zero-order chi connectivity index (χ0) is 20.7. The number of amides is 1. The van der Waals surface area contributed by atoms with Crippen LogP contribution in [0.25, 0.3) is 0 Å². The number of para-hydroxylation sites is 2. The van der Waals surface area contributed by atoms with E-state index >= 15 is 0 Å². The smallest absolute Gasteiger partial charge is 0.293 e. The number of carbonyl (C=O) groups excluding carboxylic acids is 2. The fraction of sp³-hybridized carbons (Fsp3) is 0.238. The average Bonchev–Trinajstić information content (AvgIpc) is 2.67. The lowest BCUT2D eigenvalue weighted by atomic mass is 9.77. The molecule has 1 heterocycles. The number of nitro groups is 1. The van der Waals surface area contributed by atoms with E-state index in [9.17, 15) is 19.7 Å². The minimum Gasteiger partial charge on any atom is -0.294 e. The maximum atomic E-state index is 13.2. The minimum atomic E-state index is -0.518. The first-order chi connectivity index (χ1) is 13.9. The van der Waals surface area contributed by atoms with Crippen molar-refractivity contribution < 1.29 is 14.5 Å². The van der Waals surface area contributed by atoms with Gasteiger partial charge in [-0.15, -0.1) is 0 Å². The molecular formula is C21H16Cl2N2O4. The van der Waals surface area contributed by atoms with Crippen molar-refractivity contribution in [1.82, 2.24) is 0 Å². The van der Waals surface area contributed by atoms with E-state index < -0.39 is 10.8 Å². The number of carbonyl (C=O) groups is 2. The number of Topliss-reactive ketones (excluding diaryl/α,β-unsaturated/α-hetero) is 1. The van der Waals surface area contributed by atoms with Crippen molar-refractivity contribution in [3.05, 3.63) is 79.5 Å². The fourth-order valence-corrected chi connectivity index (χ4v) is 4.67. The number of allylic oxidation sites excluding steroid dienone is 2. The Bertz CT molecular complexity index is 1080. The number of nitro benzene ring substituents is 1. The number of nitrogens with zero attached hydrogens (tertiary/aromatic N) is 2. The van der Waals surface area contributed by atoms with Crippen LogP contribution in [0.15, 0.2) is 53.7 Å². The van der Waals surface area contributed by atoms with E-state index in [1.165, 1.54) is 17.0 Å². The van der Waals surface area contributed by atoms with Crippen LogP contribution in [0.3, 0.4) is 0 Å². The van der Waals surface area contributed by atoms with Crippen molar-refractivity contribution >= 4 is 46.3 Å². The SMILES string of the molecule is O=C1CCCC2=C1C(c1ccc(Cl)cc1Cl)CC(=O)N2c1ccccc1[N+](=O)[O-]. The van der Waals surface area contributed by atoms with Crippen LogP contribution in [0.4, 0.5) is 11.4 Å². The van der Waals surface area contributed by atoms with Crippen molar-refractivity contribution in [3.8, 4) is 0 Å². The number of anilines is 1. The number of hydrogen-bond donors (Lipinski definition) is 0. The molecule has 148 valence electrons. The van der Waals surface area contributed by atoms with E-state index in [4.69, 9.17) is 23.2 Å². The Hall–Kier alpha value is -2.70. The molecule has 29 heavy (non-hydrogen) atoms. The lowest BCUT2D eigenvalue weighted by molar-refractivity contribution is -0.384. The van der Waals surface area contributed by atoms with Crippen molar-refractivity contribution in [1.29, 1.82) is 0 Å². The summed E-state index contributed by atoms with van der Waals surface area (Å²) in [5.74, 6) is -0.851. The third-order valence-corrected chi connectivity index (χ3v) is 5.89. The second-order valence-corrected chi connectivity index (χ2v) is 7.88. The first kappa shape index (κ1) is 19.6. The summed E-state index contributed by atoms with van der Waals surface area (Å²) in [7, 11) is 0. The van der Waals surface area contributed by atoms with Gasteiger partial charge in [0.2, 0.25) is 5.91 Å². The molecule has 1 amide bonds. The first-order valence-corrected chi connectivity index (χ1v) is 9.91. The van der Waals surface area contributed by atoms with E-state index in [0.717, 1.165) is 0 Å². The molecule has 0 fully saturated rings. The lowest BCUT2D eigenvalue weighted by Gasteiger charge is -2.38. The second-order valence-electron chi connectivity index (χ2n) is 7.03. The second kappa shape index (κ2) is 7.61. The van der Waals surface area contributed by atoms with Gasteiger partial charge >= 0.3 is 0 Å². The van der Waals surface area contributed by atoms with Crippen LogP contribution in [-0.4, -0.2) is 16.6 Å². The molecule has 0 saturated heterocycles. The third kappa shape index (κ3) is 3.43. The van der Waals surface area contributed by atoms with Gasteiger partial charge in [-0.25, -0.2) is 0 Å². The minimum absolute atomic E-state index is 0.00201. The molecule has 0 radical (unpaired) electrons. The van der Waals surface area contributed by atoms with Crippen molar-refractivity contribution in [2.45, 2.75) is 31.6 Å². The van der Waals surface area contributed by atoms with Gasteiger partial charge in [-0.05, 0) is 36.6 Å². The van der Waals surface area contributed by atoms with Gasteiger partial charge in [-0.3, -0.25) is 24.6 Å². The molecule has 6 nitrogen and oxygen atoms in total. The topological polar surface area (TPSA) is 80.5 Å². The maximum Gasteiger partial charge on any atom is 0.293 e. The summed E-state index contributed by atoms with van der Waals surface area (Å²) in [5.41, 5.74) is 1.72. The van der Waals surface area contributed by atoms with Crippen molar-refractivity contribution in [2.75, 3.05) is 4.90 Å². The van der Waals surface area contributed by atoms with Gasteiger partial charge < -0.3 is 0 Å². The third-order valence-electron chi connectivity index (χ3n) is 5.33. The van der Waals surface area contributed by atoms with Crippen LogP contribution < -0.4 is 4.90 Å². The number of ketones is 1. The Kier molecular flexibility index (Phi) is 5.15. The standard InChI is InChI=1S/C21H16Cl2N2O4/c22-12-8-9-13(15(23)10-12)14-11-20(27)24(18-6-3-7-19(26)21(14)18)16-4-1-2-5-17(16)25(28)29/h1-2,4-5,8-10,14H,3,6-7,11H2. The van der Waals surface area contributed by atoms with Gasteiger partial charge in [-0.1, -0.05) is 41.4 Å². The zero-order valence-electron chi connectivity index (χ0n) is 15.2. The van der Waals surface area contributed by atoms with Gasteiger partial charge in [0.05, 0.1) is 4.92 Å². The van der Waals surface area contributed by atoms with Crippen LogP contribution in [-0.2, 0) is 9.59 Å². The molecule has 0 saturated carbocycles. The predicted octanol–water partition coefficient (Wildman–Crippen LogP) is 5.43. The van der Waals surface area contributed by atoms with Gasteiger partial charge in [0.1, 0.15) is 5.69 Å². The summed E-state index contributed by atoms with van der Waals surface area (Å²) in [6.45, 7) is 0. The van der Waals surface area contributed by atoms with Gasteiger partial charge in [0.15, 0.2) is 5.78 Å². The Morgan fingerprint density at radius 2 is 1.83 bits per heavy atom. The van der Waals surface area contributed by atoms with Crippen LogP contribution in [0.2, 0.25) is 10.0 Å². The molecule has 1 aliphatic carbocycles. The summed E-state index contributed by atoms with van der Waals surface area (Å²) < 4.78 is 0. The molecule has 0 N–H and O–H groups in total. The zero-order valence-corrected chi connectivity index (χ0v) is 16.7. The Labute approximate surface area is 176 Å². The van der Waals surface area contributed by atoms with E-state index in [-0.39, 0.29) is 29.5 Å². The van der Waals surface area contributed by atoms with Gasteiger partial charge in [-0.2, -0.15) is 0 Å². The average molecular weight is 431 g/mol. The molecule has 1 unspecified atom stereocenters.